The molecule has 0 heterocycles. The number of rotatable bonds is 5. The Morgan fingerprint density at radius 2 is 2.18 bits per heavy atom. The molecule has 4 heteroatoms. The molecule has 0 aliphatic rings. The van der Waals surface area contributed by atoms with Gasteiger partial charge in [-0.15, -0.1) is 0 Å². The molecule has 1 N–H and O–H groups in total. The number of anilines is 2. The lowest BCUT2D eigenvalue weighted by Gasteiger charge is -2.18. The number of hydrogen-bond acceptors (Lipinski definition) is 3. The van der Waals surface area contributed by atoms with E-state index in [1.165, 1.54) is 0 Å². The Balaban J connectivity index is 3.04. The van der Waals surface area contributed by atoms with Crippen molar-refractivity contribution >= 4 is 17.3 Å². The van der Waals surface area contributed by atoms with Gasteiger partial charge in [0.25, 0.3) is 0 Å². The highest BCUT2D eigenvalue weighted by molar-refractivity contribution is 5.91. The van der Waals surface area contributed by atoms with E-state index in [2.05, 4.69) is 5.32 Å². The number of hydrogen-bond donors (Lipinski definition) is 1. The molecular formula is C13H20N2O2. The Labute approximate surface area is 103 Å². The first-order chi connectivity index (χ1) is 8.10. The van der Waals surface area contributed by atoms with Crippen molar-refractivity contribution in [1.29, 1.82) is 0 Å². The van der Waals surface area contributed by atoms with Crippen LogP contribution in [0.3, 0.4) is 0 Å². The van der Waals surface area contributed by atoms with Crippen molar-refractivity contribution in [2.24, 2.45) is 0 Å². The minimum absolute atomic E-state index is 0.0181. The van der Waals surface area contributed by atoms with E-state index >= 15 is 0 Å². The van der Waals surface area contributed by atoms with Crippen molar-refractivity contribution in [2.75, 3.05) is 30.9 Å². The molecule has 1 aromatic carbocycles. The van der Waals surface area contributed by atoms with Gasteiger partial charge in [-0.05, 0) is 25.1 Å². The van der Waals surface area contributed by atoms with Crippen molar-refractivity contribution in [3.8, 4) is 0 Å². The van der Waals surface area contributed by atoms with Gasteiger partial charge in [0.2, 0.25) is 5.91 Å². The fraction of sp³-hybridized carbons (Fsp3) is 0.462. The van der Waals surface area contributed by atoms with Crippen molar-refractivity contribution in [1.82, 2.24) is 0 Å². The number of nitrogens with one attached hydrogen (secondary N) is 1. The van der Waals surface area contributed by atoms with Gasteiger partial charge in [0.15, 0.2) is 0 Å². The minimum atomic E-state index is 0.0181. The van der Waals surface area contributed by atoms with Gasteiger partial charge >= 0.3 is 0 Å². The largest absolute Gasteiger partial charge is 0.385 e. The zero-order valence-electron chi connectivity index (χ0n) is 10.9. The summed E-state index contributed by atoms with van der Waals surface area (Å²) in [6.07, 6.45) is 0. The molecule has 1 aromatic rings. The summed E-state index contributed by atoms with van der Waals surface area (Å²) in [6, 6.07) is 5.88. The second-order valence-corrected chi connectivity index (χ2v) is 3.88. The van der Waals surface area contributed by atoms with Crippen LogP contribution < -0.4 is 10.2 Å². The van der Waals surface area contributed by atoms with Crippen molar-refractivity contribution in [2.45, 2.75) is 20.5 Å². The SMILES string of the molecule is CCNc1ccc(N(C)C(C)=O)cc1COC. The van der Waals surface area contributed by atoms with Gasteiger partial charge in [-0.2, -0.15) is 0 Å². The highest BCUT2D eigenvalue weighted by atomic mass is 16.5. The van der Waals surface area contributed by atoms with E-state index in [0.717, 1.165) is 23.5 Å². The minimum Gasteiger partial charge on any atom is -0.385 e. The molecule has 0 saturated carbocycles. The van der Waals surface area contributed by atoms with Gasteiger partial charge in [0, 0.05) is 44.6 Å². The fourth-order valence-corrected chi connectivity index (χ4v) is 1.61. The normalized spacial score (nSPS) is 10.1. The summed E-state index contributed by atoms with van der Waals surface area (Å²) in [7, 11) is 3.43. The quantitative estimate of drug-likeness (QED) is 0.852. The first-order valence-electron chi connectivity index (χ1n) is 5.70. The molecule has 94 valence electrons. The van der Waals surface area contributed by atoms with Crippen LogP contribution in [-0.4, -0.2) is 26.6 Å². The van der Waals surface area contributed by atoms with Crippen LogP contribution in [0, 0.1) is 0 Å². The summed E-state index contributed by atoms with van der Waals surface area (Å²) < 4.78 is 5.17. The molecule has 0 unspecified atom stereocenters. The molecule has 0 atom stereocenters. The third-order valence-corrected chi connectivity index (χ3v) is 2.62. The smallest absolute Gasteiger partial charge is 0.223 e. The number of carbonyl (C=O) groups excluding carboxylic acids is 1. The molecular weight excluding hydrogens is 216 g/mol. The summed E-state index contributed by atoms with van der Waals surface area (Å²) >= 11 is 0. The van der Waals surface area contributed by atoms with Crippen LogP contribution in [0.2, 0.25) is 0 Å². The average Bonchev–Trinajstić information content (AvgIpc) is 2.31. The monoisotopic (exact) mass is 236 g/mol. The van der Waals surface area contributed by atoms with Crippen LogP contribution in [-0.2, 0) is 16.1 Å². The second kappa shape index (κ2) is 6.25. The van der Waals surface area contributed by atoms with Crippen LogP contribution >= 0.6 is 0 Å². The Morgan fingerprint density at radius 1 is 1.47 bits per heavy atom. The van der Waals surface area contributed by atoms with E-state index in [9.17, 15) is 4.79 Å². The number of methoxy groups -OCH3 is 1. The number of amides is 1. The molecule has 1 amide bonds. The van der Waals surface area contributed by atoms with Gasteiger partial charge in [-0.3, -0.25) is 4.79 Å². The standard InChI is InChI=1S/C13H20N2O2/c1-5-14-13-7-6-12(15(3)10(2)16)8-11(13)9-17-4/h6-8,14H,5,9H2,1-4H3. The maximum Gasteiger partial charge on any atom is 0.223 e. The summed E-state index contributed by atoms with van der Waals surface area (Å²) in [5.41, 5.74) is 2.99. The lowest BCUT2D eigenvalue weighted by atomic mass is 10.1. The predicted octanol–water partition coefficient (Wildman–Crippen LogP) is 2.25. The van der Waals surface area contributed by atoms with Gasteiger partial charge < -0.3 is 15.0 Å². The summed E-state index contributed by atoms with van der Waals surface area (Å²) in [4.78, 5) is 12.9. The molecule has 0 radical (unpaired) electrons. The van der Waals surface area contributed by atoms with E-state index in [0.29, 0.717) is 6.61 Å². The molecule has 0 aliphatic heterocycles. The van der Waals surface area contributed by atoms with Crippen LogP contribution in [0.1, 0.15) is 19.4 Å². The Morgan fingerprint density at radius 3 is 2.71 bits per heavy atom. The molecule has 0 aromatic heterocycles. The van der Waals surface area contributed by atoms with Crippen molar-refractivity contribution < 1.29 is 9.53 Å². The van der Waals surface area contributed by atoms with E-state index in [4.69, 9.17) is 4.74 Å². The third-order valence-electron chi connectivity index (χ3n) is 2.62. The van der Waals surface area contributed by atoms with Crippen molar-refractivity contribution in [3.05, 3.63) is 23.8 Å². The van der Waals surface area contributed by atoms with E-state index < -0.39 is 0 Å². The fourth-order valence-electron chi connectivity index (χ4n) is 1.61. The summed E-state index contributed by atoms with van der Waals surface area (Å²) in [6.45, 7) is 4.99. The van der Waals surface area contributed by atoms with Crippen molar-refractivity contribution in [3.63, 3.8) is 0 Å². The number of benzene rings is 1. The highest BCUT2D eigenvalue weighted by Crippen LogP contribution is 2.23. The molecule has 4 nitrogen and oxygen atoms in total. The average molecular weight is 236 g/mol. The summed E-state index contributed by atoms with van der Waals surface area (Å²) in [5.74, 6) is 0.0181. The summed E-state index contributed by atoms with van der Waals surface area (Å²) in [5, 5.41) is 3.27. The molecule has 0 aliphatic carbocycles. The first-order valence-corrected chi connectivity index (χ1v) is 5.70. The van der Waals surface area contributed by atoms with E-state index in [1.54, 1.807) is 26.0 Å². The second-order valence-electron chi connectivity index (χ2n) is 3.88. The predicted molar refractivity (Wildman–Crippen MR) is 70.4 cm³/mol. The van der Waals surface area contributed by atoms with Crippen LogP contribution in [0.5, 0.6) is 0 Å². The van der Waals surface area contributed by atoms with E-state index in [-0.39, 0.29) is 5.91 Å². The molecule has 0 bridgehead atoms. The molecule has 0 saturated heterocycles. The van der Waals surface area contributed by atoms with Gasteiger partial charge in [0.1, 0.15) is 0 Å². The molecule has 1 rings (SSSR count). The number of ether oxygens (including phenoxy) is 1. The van der Waals surface area contributed by atoms with Gasteiger partial charge in [0.05, 0.1) is 6.61 Å². The lowest BCUT2D eigenvalue weighted by molar-refractivity contribution is -0.116. The number of nitrogens with zero attached hydrogens (tertiary/aromatic N) is 1. The Bertz CT molecular complexity index is 391. The Kier molecular flexibility index (Phi) is 4.97. The zero-order valence-corrected chi connectivity index (χ0v) is 10.9. The molecule has 0 fully saturated rings. The van der Waals surface area contributed by atoms with Gasteiger partial charge in [-0.1, -0.05) is 0 Å². The van der Waals surface area contributed by atoms with E-state index in [1.807, 2.05) is 25.1 Å². The first kappa shape index (κ1) is 13.5. The number of carbonyl (C=O) groups is 1. The molecule has 0 spiro atoms. The van der Waals surface area contributed by atoms with Crippen LogP contribution in [0.25, 0.3) is 0 Å². The maximum atomic E-state index is 11.3. The highest BCUT2D eigenvalue weighted by Gasteiger charge is 2.09. The Hall–Kier alpha value is -1.55. The lowest BCUT2D eigenvalue weighted by Crippen LogP contribution is -2.23. The van der Waals surface area contributed by atoms with Gasteiger partial charge in [-0.25, -0.2) is 0 Å². The van der Waals surface area contributed by atoms with Crippen LogP contribution in [0.15, 0.2) is 18.2 Å². The molecule has 17 heavy (non-hydrogen) atoms. The topological polar surface area (TPSA) is 41.6 Å². The van der Waals surface area contributed by atoms with Crippen LogP contribution in [0.4, 0.5) is 11.4 Å². The zero-order chi connectivity index (χ0) is 12.8. The maximum absolute atomic E-state index is 11.3. The third kappa shape index (κ3) is 3.46.